The summed E-state index contributed by atoms with van der Waals surface area (Å²) in [5, 5.41) is 6.42. The molecule has 0 atom stereocenters. The summed E-state index contributed by atoms with van der Waals surface area (Å²) in [6, 6.07) is 1.56. The Morgan fingerprint density at radius 3 is 3.00 bits per heavy atom. The number of halogens is 1. The molecule has 31 valence electrons. The summed E-state index contributed by atoms with van der Waals surface area (Å²) in [7, 11) is 0. The molecule has 0 aliphatic heterocycles. The molecule has 0 fully saturated rings. The highest BCUT2D eigenvalue weighted by molar-refractivity contribution is 6.29. The third kappa shape index (κ3) is 0.518. The minimum atomic E-state index is 0.523. The van der Waals surface area contributed by atoms with Crippen LogP contribution in [0.2, 0.25) is 5.15 Å². The minimum absolute atomic E-state index is 0.523. The first-order valence-electron chi connectivity index (χ1n) is 1.46. The maximum atomic E-state index is 5.31. The van der Waals surface area contributed by atoms with Gasteiger partial charge in [-0.1, -0.05) is 11.6 Å². The van der Waals surface area contributed by atoms with Gasteiger partial charge in [0.05, 0.1) is 0 Å². The molecule has 0 spiro atoms. The topological polar surface area (TPSA) is 28.7 Å². The number of H-pyrrole nitrogens is 1. The van der Waals surface area contributed by atoms with E-state index in [-0.39, 0.29) is 0 Å². The van der Waals surface area contributed by atoms with E-state index in [0.29, 0.717) is 5.15 Å². The summed E-state index contributed by atoms with van der Waals surface area (Å²) in [6.07, 6.45) is 2.49. The molecule has 0 aliphatic carbocycles. The van der Waals surface area contributed by atoms with Crippen LogP contribution in [-0.2, 0) is 0 Å². The van der Waals surface area contributed by atoms with Crippen molar-refractivity contribution in [3.05, 3.63) is 17.4 Å². The van der Waals surface area contributed by atoms with E-state index < -0.39 is 0 Å². The fraction of sp³-hybridized carbons (Fsp3) is 0. The lowest BCUT2D eigenvalue weighted by Gasteiger charge is -1.64. The lowest BCUT2D eigenvalue weighted by Crippen LogP contribution is -1.59. The molecule has 3 heteroatoms. The van der Waals surface area contributed by atoms with Crippen molar-refractivity contribution < 1.29 is 0 Å². The molecule has 0 saturated carbocycles. The second kappa shape index (κ2) is 1.30. The highest BCUT2D eigenvalue weighted by Gasteiger charge is 1.78. The Morgan fingerprint density at radius 1 is 2.00 bits per heavy atom. The first-order valence-corrected chi connectivity index (χ1v) is 1.84. The Labute approximate surface area is 40.1 Å². The van der Waals surface area contributed by atoms with Gasteiger partial charge in [0.1, 0.15) is 11.3 Å². The summed E-state index contributed by atoms with van der Waals surface area (Å²) < 4.78 is 0. The quantitative estimate of drug-likeness (QED) is 0.516. The van der Waals surface area contributed by atoms with Gasteiger partial charge in [0, 0.05) is 6.07 Å². The van der Waals surface area contributed by atoms with Crippen LogP contribution in [0.5, 0.6) is 0 Å². The van der Waals surface area contributed by atoms with E-state index in [2.05, 4.69) is 16.4 Å². The summed E-state index contributed by atoms with van der Waals surface area (Å²) in [4.78, 5) is 0. The van der Waals surface area contributed by atoms with Crippen LogP contribution < -0.4 is 0 Å². The molecule has 1 heterocycles. The number of rotatable bonds is 0. The largest absolute Gasteiger partial charge is 0.267 e. The van der Waals surface area contributed by atoms with Crippen molar-refractivity contribution in [3.8, 4) is 0 Å². The number of aromatic amines is 1. The van der Waals surface area contributed by atoms with Gasteiger partial charge in [-0.25, -0.2) is 0 Å². The van der Waals surface area contributed by atoms with Crippen LogP contribution in [0.15, 0.2) is 6.07 Å². The molecule has 0 saturated heterocycles. The summed E-state index contributed by atoms with van der Waals surface area (Å²) in [5.41, 5.74) is 0. The van der Waals surface area contributed by atoms with Gasteiger partial charge in [-0.05, 0) is 0 Å². The van der Waals surface area contributed by atoms with Crippen molar-refractivity contribution in [3.63, 3.8) is 0 Å². The fourth-order valence-electron chi connectivity index (χ4n) is 0.207. The van der Waals surface area contributed by atoms with Crippen LogP contribution in [-0.4, -0.2) is 10.2 Å². The zero-order valence-corrected chi connectivity index (χ0v) is 3.66. The van der Waals surface area contributed by atoms with E-state index in [0.717, 1.165) is 0 Å². The van der Waals surface area contributed by atoms with Crippen molar-refractivity contribution in [1.82, 2.24) is 10.2 Å². The van der Waals surface area contributed by atoms with Gasteiger partial charge in [-0.15, -0.1) is 0 Å². The van der Waals surface area contributed by atoms with Crippen LogP contribution in [0, 0.1) is 6.20 Å². The number of nitrogens with one attached hydrogen (secondary N) is 1. The van der Waals surface area contributed by atoms with Crippen molar-refractivity contribution in [1.29, 1.82) is 0 Å². The standard InChI is InChI=1S/C3H2ClN2/c4-3-1-2-5-6-3/h1H,(H,5,6). The molecule has 1 aromatic heterocycles. The van der Waals surface area contributed by atoms with Gasteiger partial charge in [0.15, 0.2) is 0 Å². The Bertz CT molecular complexity index is 112. The predicted molar refractivity (Wildman–Crippen MR) is 22.4 cm³/mol. The van der Waals surface area contributed by atoms with Crippen molar-refractivity contribution in [2.75, 3.05) is 0 Å². The van der Waals surface area contributed by atoms with Crippen LogP contribution in [0.4, 0.5) is 0 Å². The number of aromatic nitrogens is 2. The first kappa shape index (κ1) is 3.68. The molecule has 0 aliphatic rings. The van der Waals surface area contributed by atoms with E-state index in [1.807, 2.05) is 0 Å². The lowest BCUT2D eigenvalue weighted by molar-refractivity contribution is 1.08. The molecular formula is C3H2ClN2. The second-order valence-electron chi connectivity index (χ2n) is 0.845. The average Bonchev–Trinajstić information content (AvgIpc) is 1.86. The smallest absolute Gasteiger partial charge is 0.124 e. The predicted octanol–water partition coefficient (Wildman–Crippen LogP) is 0.863. The SMILES string of the molecule is Clc1c[c]n[nH]1. The van der Waals surface area contributed by atoms with Crippen LogP contribution in [0.1, 0.15) is 0 Å². The Kier molecular flexibility index (Phi) is 0.801. The molecule has 1 radical (unpaired) electrons. The van der Waals surface area contributed by atoms with E-state index >= 15 is 0 Å². The molecule has 0 aromatic carbocycles. The average molecular weight is 102 g/mol. The Balaban J connectivity index is 3.05. The van der Waals surface area contributed by atoms with Gasteiger partial charge in [0.2, 0.25) is 0 Å². The molecule has 1 aromatic rings. The molecule has 0 amide bonds. The molecule has 1 rings (SSSR count). The van der Waals surface area contributed by atoms with E-state index in [4.69, 9.17) is 11.6 Å². The monoisotopic (exact) mass is 101 g/mol. The van der Waals surface area contributed by atoms with Crippen LogP contribution in [0.25, 0.3) is 0 Å². The normalized spacial score (nSPS) is 8.83. The number of hydrogen-bond donors (Lipinski definition) is 1. The van der Waals surface area contributed by atoms with E-state index in [1.54, 1.807) is 6.07 Å². The second-order valence-corrected chi connectivity index (χ2v) is 1.25. The molecule has 0 bridgehead atoms. The van der Waals surface area contributed by atoms with Gasteiger partial charge in [-0.3, -0.25) is 5.10 Å². The lowest BCUT2D eigenvalue weighted by atomic mass is 10.8. The zero-order valence-electron chi connectivity index (χ0n) is 2.90. The number of hydrogen-bond acceptors (Lipinski definition) is 1. The fourth-order valence-corrected chi connectivity index (χ4v) is 0.298. The van der Waals surface area contributed by atoms with E-state index in [9.17, 15) is 0 Å². The maximum absolute atomic E-state index is 5.31. The minimum Gasteiger partial charge on any atom is -0.267 e. The van der Waals surface area contributed by atoms with Crippen molar-refractivity contribution >= 4 is 11.6 Å². The summed E-state index contributed by atoms with van der Waals surface area (Å²) in [5.74, 6) is 0. The molecule has 6 heavy (non-hydrogen) atoms. The first-order chi connectivity index (χ1) is 2.89. The van der Waals surface area contributed by atoms with Gasteiger partial charge < -0.3 is 0 Å². The van der Waals surface area contributed by atoms with Crippen molar-refractivity contribution in [2.45, 2.75) is 0 Å². The molecule has 1 N–H and O–H groups in total. The maximum Gasteiger partial charge on any atom is 0.124 e. The Hall–Kier alpha value is -0.500. The number of nitrogens with zero attached hydrogens (tertiary/aromatic N) is 1. The summed E-state index contributed by atoms with van der Waals surface area (Å²) >= 11 is 5.31. The molecule has 2 nitrogen and oxygen atoms in total. The van der Waals surface area contributed by atoms with E-state index in [1.165, 1.54) is 0 Å². The Morgan fingerprint density at radius 2 is 2.83 bits per heavy atom. The zero-order chi connectivity index (χ0) is 4.41. The highest BCUT2D eigenvalue weighted by Crippen LogP contribution is 1.95. The third-order valence-electron chi connectivity index (χ3n) is 0.419. The van der Waals surface area contributed by atoms with Gasteiger partial charge in [0.25, 0.3) is 0 Å². The van der Waals surface area contributed by atoms with Crippen LogP contribution in [0.3, 0.4) is 0 Å². The van der Waals surface area contributed by atoms with Gasteiger partial charge >= 0.3 is 0 Å². The van der Waals surface area contributed by atoms with Crippen molar-refractivity contribution in [2.24, 2.45) is 0 Å². The highest BCUT2D eigenvalue weighted by atomic mass is 35.5. The molecular weight excluding hydrogens is 99.5 g/mol. The third-order valence-corrected chi connectivity index (χ3v) is 0.612. The van der Waals surface area contributed by atoms with Gasteiger partial charge in [-0.2, -0.15) is 5.10 Å². The van der Waals surface area contributed by atoms with Crippen LogP contribution >= 0.6 is 11.6 Å². The molecule has 0 unspecified atom stereocenters. The summed E-state index contributed by atoms with van der Waals surface area (Å²) in [6.45, 7) is 0.